The maximum atomic E-state index is 13.1. The molecule has 1 atom stereocenters. The number of carbonyl (C=O) groups excluding carboxylic acids is 4. The van der Waals surface area contributed by atoms with Gasteiger partial charge in [0.15, 0.2) is 12.4 Å². The Balaban J connectivity index is 1.37. The molecule has 1 heterocycles. The number of halogens is 2. The summed E-state index contributed by atoms with van der Waals surface area (Å²) in [5.74, 6) is -1.62. The van der Waals surface area contributed by atoms with E-state index >= 15 is 0 Å². The van der Waals surface area contributed by atoms with E-state index in [1.807, 2.05) is 7.05 Å². The maximum absolute atomic E-state index is 13.1. The van der Waals surface area contributed by atoms with Gasteiger partial charge in [0, 0.05) is 11.6 Å². The smallest absolute Gasteiger partial charge is 0.338 e. The fourth-order valence-electron chi connectivity index (χ4n) is 4.66. The van der Waals surface area contributed by atoms with Crippen LogP contribution in [0, 0.1) is 0 Å². The Morgan fingerprint density at radius 2 is 1.63 bits per heavy atom. The minimum atomic E-state index is -0.695. The van der Waals surface area contributed by atoms with E-state index in [0.29, 0.717) is 16.8 Å². The van der Waals surface area contributed by atoms with Crippen LogP contribution in [0.25, 0.3) is 0 Å². The van der Waals surface area contributed by atoms with Crippen molar-refractivity contribution in [2.45, 2.75) is 50.6 Å². The third-order valence-corrected chi connectivity index (χ3v) is 7.44. The topological polar surface area (TPSA) is 84.0 Å². The fraction of sp³-hybridized carbons (Fsp3) is 0.385. The second-order valence-electron chi connectivity index (χ2n) is 8.92. The molecule has 35 heavy (non-hydrogen) atoms. The number of hydrogen-bond donors (Lipinski definition) is 0. The summed E-state index contributed by atoms with van der Waals surface area (Å²) in [7, 11) is 1.92. The van der Waals surface area contributed by atoms with Crippen molar-refractivity contribution in [1.82, 2.24) is 4.90 Å². The average molecular weight is 517 g/mol. The standard InChI is InChI=1S/C26H26Cl2N2O5/c1-29(18-5-3-2-4-6-18)22-14-24(32)30(25(22)33)19-10-7-16(8-11-19)26(34)35-15-23(31)17-9-12-20(27)21(28)13-17/h7-13,18,22H,2-6,14-15H2,1H3. The lowest BCUT2D eigenvalue weighted by molar-refractivity contribution is -0.123. The van der Waals surface area contributed by atoms with Gasteiger partial charge in [-0.1, -0.05) is 42.5 Å². The zero-order valence-electron chi connectivity index (χ0n) is 19.3. The van der Waals surface area contributed by atoms with Crippen molar-refractivity contribution in [1.29, 1.82) is 0 Å². The van der Waals surface area contributed by atoms with Gasteiger partial charge in [-0.05, 0) is 62.4 Å². The van der Waals surface area contributed by atoms with Crippen molar-refractivity contribution in [2.75, 3.05) is 18.6 Å². The van der Waals surface area contributed by atoms with E-state index in [1.54, 1.807) is 0 Å². The van der Waals surface area contributed by atoms with E-state index in [-0.39, 0.29) is 34.4 Å². The quantitative estimate of drug-likeness (QED) is 0.294. The van der Waals surface area contributed by atoms with Gasteiger partial charge in [-0.15, -0.1) is 0 Å². The molecule has 0 radical (unpaired) electrons. The molecule has 2 fully saturated rings. The number of likely N-dealkylation sites (N-methyl/N-ethyl adjacent to an activating group) is 1. The second kappa shape index (κ2) is 10.9. The van der Waals surface area contributed by atoms with E-state index in [4.69, 9.17) is 27.9 Å². The molecule has 0 N–H and O–H groups in total. The Morgan fingerprint density at radius 1 is 0.971 bits per heavy atom. The first kappa shape index (κ1) is 25.4. The monoisotopic (exact) mass is 516 g/mol. The molecule has 0 spiro atoms. The summed E-state index contributed by atoms with van der Waals surface area (Å²) in [6.45, 7) is -0.461. The SMILES string of the molecule is CN(C1CCCCC1)C1CC(=O)N(c2ccc(C(=O)OCC(=O)c3ccc(Cl)c(Cl)c3)cc2)C1=O. The van der Waals surface area contributed by atoms with Crippen LogP contribution in [0.1, 0.15) is 59.2 Å². The molecular weight excluding hydrogens is 491 g/mol. The molecule has 1 aliphatic carbocycles. The molecular formula is C26H26Cl2N2O5. The fourth-order valence-corrected chi connectivity index (χ4v) is 4.96. The number of benzene rings is 2. The van der Waals surface area contributed by atoms with Gasteiger partial charge in [0.05, 0.1) is 33.8 Å². The summed E-state index contributed by atoms with van der Waals surface area (Å²) in [5.41, 5.74) is 0.884. The largest absolute Gasteiger partial charge is 0.454 e. The van der Waals surface area contributed by atoms with Gasteiger partial charge < -0.3 is 4.74 Å². The van der Waals surface area contributed by atoms with Crippen LogP contribution in [0.4, 0.5) is 5.69 Å². The van der Waals surface area contributed by atoms with Crippen molar-refractivity contribution in [3.8, 4) is 0 Å². The lowest BCUT2D eigenvalue weighted by Crippen LogP contribution is -2.45. The van der Waals surface area contributed by atoms with Gasteiger partial charge in [-0.3, -0.25) is 19.3 Å². The first-order chi connectivity index (χ1) is 16.8. The van der Waals surface area contributed by atoms with Gasteiger partial charge in [0.25, 0.3) is 5.91 Å². The summed E-state index contributed by atoms with van der Waals surface area (Å²) < 4.78 is 5.12. The summed E-state index contributed by atoms with van der Waals surface area (Å²) in [6, 6.07) is 10.3. The highest BCUT2D eigenvalue weighted by atomic mass is 35.5. The van der Waals surface area contributed by atoms with Gasteiger partial charge in [-0.25, -0.2) is 9.69 Å². The van der Waals surface area contributed by atoms with Crippen molar-refractivity contribution >= 4 is 52.5 Å². The van der Waals surface area contributed by atoms with Crippen LogP contribution in [-0.4, -0.2) is 54.2 Å². The number of rotatable bonds is 7. The van der Waals surface area contributed by atoms with Crippen LogP contribution in [-0.2, 0) is 14.3 Å². The summed E-state index contributed by atoms with van der Waals surface area (Å²) >= 11 is 11.8. The van der Waals surface area contributed by atoms with Gasteiger partial charge >= 0.3 is 5.97 Å². The van der Waals surface area contributed by atoms with E-state index in [0.717, 1.165) is 25.7 Å². The number of imide groups is 1. The number of ether oxygens (including phenoxy) is 1. The zero-order valence-corrected chi connectivity index (χ0v) is 20.8. The molecule has 1 saturated heterocycles. The predicted octanol–water partition coefficient (Wildman–Crippen LogP) is 4.93. The van der Waals surface area contributed by atoms with Crippen LogP contribution in [0.15, 0.2) is 42.5 Å². The minimum absolute atomic E-state index is 0.145. The number of anilines is 1. The molecule has 7 nitrogen and oxygen atoms in total. The van der Waals surface area contributed by atoms with Crippen molar-refractivity contribution < 1.29 is 23.9 Å². The second-order valence-corrected chi connectivity index (χ2v) is 9.73. The molecule has 2 aromatic carbocycles. The Labute approximate surface area is 213 Å². The molecule has 4 rings (SSSR count). The summed E-state index contributed by atoms with van der Waals surface area (Å²) in [6.07, 6.45) is 5.73. The third kappa shape index (κ3) is 5.58. The highest BCUT2D eigenvalue weighted by molar-refractivity contribution is 6.42. The number of esters is 1. The number of amides is 2. The summed E-state index contributed by atoms with van der Waals surface area (Å²) in [5, 5.41) is 0.555. The lowest BCUT2D eigenvalue weighted by atomic mass is 9.93. The van der Waals surface area contributed by atoms with E-state index in [2.05, 4.69) is 4.90 Å². The minimum Gasteiger partial charge on any atom is -0.454 e. The van der Waals surface area contributed by atoms with Crippen molar-refractivity contribution in [3.63, 3.8) is 0 Å². The molecule has 1 unspecified atom stereocenters. The number of ketones is 1. The van der Waals surface area contributed by atoms with Crippen LogP contribution >= 0.6 is 23.2 Å². The van der Waals surface area contributed by atoms with Gasteiger partial charge in [0.1, 0.15) is 0 Å². The van der Waals surface area contributed by atoms with Gasteiger partial charge in [0.2, 0.25) is 5.91 Å². The lowest BCUT2D eigenvalue weighted by Gasteiger charge is -2.34. The van der Waals surface area contributed by atoms with Crippen LogP contribution in [0.3, 0.4) is 0 Å². The predicted molar refractivity (Wildman–Crippen MR) is 133 cm³/mol. The van der Waals surface area contributed by atoms with E-state index in [9.17, 15) is 19.2 Å². The molecule has 1 aliphatic heterocycles. The average Bonchev–Trinajstić information content (AvgIpc) is 3.17. The molecule has 9 heteroatoms. The van der Waals surface area contributed by atoms with Crippen LogP contribution < -0.4 is 4.90 Å². The molecule has 2 aromatic rings. The summed E-state index contributed by atoms with van der Waals surface area (Å²) in [4.78, 5) is 53.7. The Kier molecular flexibility index (Phi) is 7.89. The van der Waals surface area contributed by atoms with Crippen molar-refractivity contribution in [2.24, 2.45) is 0 Å². The molecule has 2 aliphatic rings. The third-order valence-electron chi connectivity index (χ3n) is 6.70. The Bertz CT molecular complexity index is 1140. The number of carbonyl (C=O) groups is 4. The van der Waals surface area contributed by atoms with E-state index < -0.39 is 24.4 Å². The van der Waals surface area contributed by atoms with Crippen LogP contribution in [0.5, 0.6) is 0 Å². The highest BCUT2D eigenvalue weighted by Crippen LogP contribution is 2.30. The molecule has 0 bridgehead atoms. The Hall–Kier alpha value is -2.74. The molecule has 1 saturated carbocycles. The Morgan fingerprint density at radius 3 is 2.29 bits per heavy atom. The molecule has 2 amide bonds. The number of nitrogens with zero attached hydrogens (tertiary/aromatic N) is 2. The maximum Gasteiger partial charge on any atom is 0.338 e. The first-order valence-electron chi connectivity index (χ1n) is 11.6. The van der Waals surface area contributed by atoms with Crippen LogP contribution in [0.2, 0.25) is 10.0 Å². The normalized spacial score (nSPS) is 18.9. The number of hydrogen-bond acceptors (Lipinski definition) is 6. The van der Waals surface area contributed by atoms with Crippen molar-refractivity contribution in [3.05, 3.63) is 63.6 Å². The number of Topliss-reactive ketones (excluding diaryl/α,β-unsaturated/α-hetero) is 1. The molecule has 184 valence electrons. The first-order valence-corrected chi connectivity index (χ1v) is 12.4. The van der Waals surface area contributed by atoms with E-state index in [1.165, 1.54) is 53.8 Å². The van der Waals surface area contributed by atoms with Gasteiger partial charge in [-0.2, -0.15) is 0 Å². The highest BCUT2D eigenvalue weighted by Gasteiger charge is 2.43. The zero-order chi connectivity index (χ0) is 25.1. The molecule has 0 aromatic heterocycles.